The van der Waals surface area contributed by atoms with Crippen LogP contribution in [0.25, 0.3) is 0 Å². The van der Waals surface area contributed by atoms with E-state index in [1.807, 2.05) is 0 Å². The van der Waals surface area contributed by atoms with Gasteiger partial charge < -0.3 is 0 Å². The molecule has 3 heteroatoms. The highest BCUT2D eigenvalue weighted by Gasteiger charge is 2.24. The number of hydrogen-bond donors (Lipinski definition) is 0. The van der Waals surface area contributed by atoms with Crippen molar-refractivity contribution in [2.24, 2.45) is 11.8 Å². The van der Waals surface area contributed by atoms with E-state index >= 15 is 0 Å². The van der Waals surface area contributed by atoms with Crippen LogP contribution < -0.4 is 0 Å². The lowest BCUT2D eigenvalue weighted by Gasteiger charge is -2.28. The number of rotatable bonds is 5. The highest BCUT2D eigenvalue weighted by atomic mass is 19.1. The molecule has 3 rings (SSSR count). The number of hydrogen-bond acceptors (Lipinski definition) is 0. The Morgan fingerprint density at radius 3 is 2.16 bits per heavy atom. The summed E-state index contributed by atoms with van der Waals surface area (Å²) in [5.41, 5.74) is 1.04. The van der Waals surface area contributed by atoms with E-state index < -0.39 is 11.6 Å². The van der Waals surface area contributed by atoms with Crippen molar-refractivity contribution in [1.29, 1.82) is 0 Å². The van der Waals surface area contributed by atoms with Gasteiger partial charge in [0.2, 0.25) is 0 Å². The highest BCUT2D eigenvalue weighted by Crippen LogP contribution is 2.38. The lowest BCUT2D eigenvalue weighted by atomic mass is 9.77. The summed E-state index contributed by atoms with van der Waals surface area (Å²) in [6.07, 6.45) is 10.3. The Morgan fingerprint density at radius 1 is 0.920 bits per heavy atom. The normalized spacial score (nSPS) is 27.2. The van der Waals surface area contributed by atoms with Gasteiger partial charge in [0.05, 0.1) is 5.83 Å². The molecule has 25 heavy (non-hydrogen) atoms. The lowest BCUT2D eigenvalue weighted by Crippen LogP contribution is -2.14. The molecule has 2 aliphatic rings. The van der Waals surface area contributed by atoms with E-state index in [0.29, 0.717) is 31.1 Å². The molecule has 0 heterocycles. The monoisotopic (exact) mass is 350 g/mol. The van der Waals surface area contributed by atoms with Gasteiger partial charge in [-0.3, -0.25) is 0 Å². The SMILES string of the molecule is CC[C@H]1CC[C@H](c2cc(F)c(CCC3CC=C(F)CC3)c(F)c2)CC1. The van der Waals surface area contributed by atoms with Crippen LogP contribution in [0.2, 0.25) is 0 Å². The van der Waals surface area contributed by atoms with Crippen LogP contribution in [-0.4, -0.2) is 0 Å². The van der Waals surface area contributed by atoms with Gasteiger partial charge in [0.15, 0.2) is 0 Å². The molecular formula is C22H29F3. The second kappa shape index (κ2) is 8.42. The maximum absolute atomic E-state index is 14.5. The van der Waals surface area contributed by atoms with Gasteiger partial charge in [-0.2, -0.15) is 0 Å². The van der Waals surface area contributed by atoms with Crippen molar-refractivity contribution in [3.63, 3.8) is 0 Å². The van der Waals surface area contributed by atoms with E-state index in [4.69, 9.17) is 0 Å². The quantitative estimate of drug-likeness (QED) is 0.525. The van der Waals surface area contributed by atoms with E-state index in [2.05, 4.69) is 6.92 Å². The van der Waals surface area contributed by atoms with Gasteiger partial charge in [-0.15, -0.1) is 0 Å². The Hall–Kier alpha value is -1.25. The first-order valence-corrected chi connectivity index (χ1v) is 9.89. The van der Waals surface area contributed by atoms with Crippen molar-refractivity contribution in [2.45, 2.75) is 77.0 Å². The van der Waals surface area contributed by atoms with E-state index in [1.54, 1.807) is 18.2 Å². The van der Waals surface area contributed by atoms with E-state index in [-0.39, 0.29) is 11.4 Å². The van der Waals surface area contributed by atoms with Crippen molar-refractivity contribution < 1.29 is 13.2 Å². The number of halogens is 3. The van der Waals surface area contributed by atoms with Crippen LogP contribution in [0.1, 0.15) is 81.8 Å². The summed E-state index contributed by atoms with van der Waals surface area (Å²) in [4.78, 5) is 0. The largest absolute Gasteiger partial charge is 0.212 e. The minimum absolute atomic E-state index is 0.0456. The average molecular weight is 350 g/mol. The van der Waals surface area contributed by atoms with Gasteiger partial charge in [0.1, 0.15) is 11.6 Å². The van der Waals surface area contributed by atoms with Gasteiger partial charge >= 0.3 is 0 Å². The molecule has 138 valence electrons. The molecule has 0 saturated heterocycles. The van der Waals surface area contributed by atoms with Crippen molar-refractivity contribution in [3.05, 3.63) is 46.8 Å². The van der Waals surface area contributed by atoms with Crippen LogP contribution in [0.4, 0.5) is 13.2 Å². The van der Waals surface area contributed by atoms with Gasteiger partial charge in [0.25, 0.3) is 0 Å². The van der Waals surface area contributed by atoms with Gasteiger partial charge in [-0.05, 0) is 93.2 Å². The summed E-state index contributed by atoms with van der Waals surface area (Å²) in [5, 5.41) is 0. The van der Waals surface area contributed by atoms with Crippen LogP contribution in [0.15, 0.2) is 24.0 Å². The van der Waals surface area contributed by atoms with Crippen LogP contribution in [-0.2, 0) is 6.42 Å². The molecule has 1 atom stereocenters. The summed E-state index contributed by atoms with van der Waals surface area (Å²) in [7, 11) is 0. The third-order valence-electron chi connectivity index (χ3n) is 6.33. The first-order valence-electron chi connectivity index (χ1n) is 9.89. The van der Waals surface area contributed by atoms with Gasteiger partial charge in [-0.1, -0.05) is 19.4 Å². The van der Waals surface area contributed by atoms with E-state index in [1.165, 1.54) is 6.42 Å². The highest BCUT2D eigenvalue weighted by molar-refractivity contribution is 5.29. The fraction of sp³-hybridized carbons (Fsp3) is 0.636. The van der Waals surface area contributed by atoms with E-state index in [0.717, 1.165) is 50.0 Å². The molecule has 0 aliphatic heterocycles. The molecule has 0 aromatic heterocycles. The van der Waals surface area contributed by atoms with Crippen molar-refractivity contribution >= 4 is 0 Å². The van der Waals surface area contributed by atoms with Crippen molar-refractivity contribution in [3.8, 4) is 0 Å². The van der Waals surface area contributed by atoms with E-state index in [9.17, 15) is 13.2 Å². The van der Waals surface area contributed by atoms with Crippen LogP contribution in [0.5, 0.6) is 0 Å². The molecule has 0 spiro atoms. The standard InChI is InChI=1S/C22H29F3/c1-2-15-3-8-17(9-4-15)18-13-21(24)20(22(25)14-18)12-7-16-5-10-19(23)11-6-16/h10,13-17H,2-9,11-12H2,1H3/t15-,16?,17-. The van der Waals surface area contributed by atoms with Crippen LogP contribution >= 0.6 is 0 Å². The third-order valence-corrected chi connectivity index (χ3v) is 6.33. The topological polar surface area (TPSA) is 0 Å². The van der Waals surface area contributed by atoms with Crippen molar-refractivity contribution in [1.82, 2.24) is 0 Å². The smallest absolute Gasteiger partial charge is 0.129 e. The first-order chi connectivity index (χ1) is 12.1. The van der Waals surface area contributed by atoms with Crippen LogP contribution in [0.3, 0.4) is 0 Å². The molecule has 0 N–H and O–H groups in total. The molecule has 1 aromatic carbocycles. The van der Waals surface area contributed by atoms with Gasteiger partial charge in [0, 0.05) is 5.56 Å². The first kappa shape index (κ1) is 18.5. The molecule has 0 radical (unpaired) electrons. The molecule has 1 fully saturated rings. The molecule has 1 saturated carbocycles. The minimum atomic E-state index is -0.398. The molecule has 1 aromatic rings. The zero-order valence-electron chi connectivity index (χ0n) is 15.2. The molecule has 1 unspecified atom stereocenters. The second-order valence-corrected chi connectivity index (χ2v) is 7.92. The lowest BCUT2D eigenvalue weighted by molar-refractivity contribution is 0.317. The molecule has 0 bridgehead atoms. The van der Waals surface area contributed by atoms with Gasteiger partial charge in [-0.25, -0.2) is 13.2 Å². The Balaban J connectivity index is 1.62. The molecular weight excluding hydrogens is 321 g/mol. The third kappa shape index (κ3) is 4.68. The maximum Gasteiger partial charge on any atom is 0.129 e. The summed E-state index contributed by atoms with van der Waals surface area (Å²) in [6.45, 7) is 2.22. The number of benzene rings is 1. The summed E-state index contributed by atoms with van der Waals surface area (Å²) in [6, 6.07) is 3.13. The average Bonchev–Trinajstić information content (AvgIpc) is 2.62. The Bertz CT molecular complexity index is 589. The Kier molecular flexibility index (Phi) is 6.24. The summed E-state index contributed by atoms with van der Waals surface area (Å²) < 4.78 is 42.1. The predicted octanol–water partition coefficient (Wildman–Crippen LogP) is 7.23. The zero-order valence-corrected chi connectivity index (χ0v) is 15.2. The maximum atomic E-state index is 14.5. The van der Waals surface area contributed by atoms with Crippen molar-refractivity contribution in [2.75, 3.05) is 0 Å². The molecule has 0 amide bonds. The van der Waals surface area contributed by atoms with Crippen LogP contribution in [0, 0.1) is 23.5 Å². The summed E-state index contributed by atoms with van der Waals surface area (Å²) >= 11 is 0. The Labute approximate surface area is 149 Å². The number of allylic oxidation sites excluding steroid dienone is 2. The Morgan fingerprint density at radius 2 is 1.60 bits per heavy atom. The molecule has 0 nitrogen and oxygen atoms in total. The zero-order chi connectivity index (χ0) is 17.8. The fourth-order valence-corrected chi connectivity index (χ4v) is 4.47. The predicted molar refractivity (Wildman–Crippen MR) is 96.2 cm³/mol. The minimum Gasteiger partial charge on any atom is -0.212 e. The second-order valence-electron chi connectivity index (χ2n) is 7.92. The summed E-state index contributed by atoms with van der Waals surface area (Å²) in [5.74, 6) is 0.570. The fourth-order valence-electron chi connectivity index (χ4n) is 4.47. The molecule has 2 aliphatic carbocycles.